The molecule has 0 aliphatic carbocycles. The summed E-state index contributed by atoms with van der Waals surface area (Å²) in [6, 6.07) is 9.47. The summed E-state index contributed by atoms with van der Waals surface area (Å²) in [5.41, 5.74) is 4.04. The molecule has 0 saturated carbocycles. The van der Waals surface area contributed by atoms with E-state index < -0.39 is 0 Å². The monoisotopic (exact) mass is 189 g/mol. The van der Waals surface area contributed by atoms with E-state index >= 15 is 0 Å². The van der Waals surface area contributed by atoms with Crippen LogP contribution in [-0.4, -0.2) is 5.01 Å². The lowest BCUT2D eigenvalue weighted by atomic mass is 10.2. The fraction of sp³-hybridized carbons (Fsp3) is 0. The highest BCUT2D eigenvalue weighted by molar-refractivity contribution is 5.64. The quantitative estimate of drug-likeness (QED) is 0.537. The summed E-state index contributed by atoms with van der Waals surface area (Å²) in [4.78, 5) is 4.83. The topological polar surface area (TPSA) is 51.9 Å². The molecule has 70 valence electrons. The molecule has 0 spiro atoms. The second-order valence-corrected chi connectivity index (χ2v) is 2.60. The summed E-state index contributed by atoms with van der Waals surface area (Å²) >= 11 is 0. The molecule has 5 heteroatoms. The van der Waals surface area contributed by atoms with Crippen LogP contribution in [0.3, 0.4) is 0 Å². The zero-order valence-corrected chi connectivity index (χ0v) is 7.18. The average Bonchev–Trinajstić information content (AvgIpc) is 2.68. The highest BCUT2D eigenvalue weighted by Crippen LogP contribution is 2.20. The highest BCUT2D eigenvalue weighted by atomic mass is 16.7. The van der Waals surface area contributed by atoms with Gasteiger partial charge in [-0.25, -0.2) is 0 Å². The third-order valence-corrected chi connectivity index (χ3v) is 1.77. The fourth-order valence-electron chi connectivity index (χ4n) is 1.16. The molecule has 0 atom stereocenters. The van der Waals surface area contributed by atoms with Crippen molar-refractivity contribution in [2.24, 2.45) is 0 Å². The second-order valence-electron chi connectivity index (χ2n) is 2.60. The van der Waals surface area contributed by atoms with Gasteiger partial charge in [-0.15, -0.1) is 0 Å². The Morgan fingerprint density at radius 1 is 1.36 bits per heavy atom. The summed E-state index contributed by atoms with van der Waals surface area (Å²) in [7, 11) is 0. The Kier molecular flexibility index (Phi) is 2.21. The summed E-state index contributed by atoms with van der Waals surface area (Å²) in [5.74, 6) is 0. The van der Waals surface area contributed by atoms with Crippen molar-refractivity contribution >= 4 is 5.70 Å². The van der Waals surface area contributed by atoms with Crippen molar-refractivity contribution in [3.8, 4) is 6.19 Å². The smallest absolute Gasteiger partial charge is 0.411 e. The molecule has 2 rings (SSSR count). The van der Waals surface area contributed by atoms with Crippen LogP contribution >= 0.6 is 0 Å². The predicted molar refractivity (Wildman–Crippen MR) is 51.1 cm³/mol. The van der Waals surface area contributed by atoms with Crippen molar-refractivity contribution in [3.63, 3.8) is 0 Å². The molecular weight excluding hydrogens is 182 g/mol. The molecule has 0 radical (unpaired) electrons. The molecular formula is C9H7N3O2. The van der Waals surface area contributed by atoms with Gasteiger partial charge in [0.1, 0.15) is 0 Å². The number of hydrogen-bond donors (Lipinski definition) is 1. The lowest BCUT2D eigenvalue weighted by Gasteiger charge is -2.01. The molecule has 1 aromatic rings. The minimum atomic E-state index is 0.685. The molecule has 14 heavy (non-hydrogen) atoms. The largest absolute Gasteiger partial charge is 0.610 e. The Bertz CT molecular complexity index is 405. The van der Waals surface area contributed by atoms with Gasteiger partial charge in [0.15, 0.2) is 6.26 Å². The Morgan fingerprint density at radius 2 is 2.14 bits per heavy atom. The fourth-order valence-corrected chi connectivity index (χ4v) is 1.16. The zero-order valence-electron chi connectivity index (χ0n) is 7.18. The Hall–Kier alpha value is -2.19. The van der Waals surface area contributed by atoms with Crippen molar-refractivity contribution in [2.75, 3.05) is 0 Å². The maximum Gasteiger partial charge on any atom is 0.411 e. The molecule has 1 heterocycles. The first kappa shape index (κ1) is 8.41. The van der Waals surface area contributed by atoms with E-state index in [9.17, 15) is 5.21 Å². The van der Waals surface area contributed by atoms with E-state index in [0.717, 1.165) is 5.56 Å². The van der Waals surface area contributed by atoms with Crippen LogP contribution in [0.4, 0.5) is 0 Å². The predicted octanol–water partition coefficient (Wildman–Crippen LogP) is 1.53. The molecule has 0 fully saturated rings. The van der Waals surface area contributed by atoms with E-state index in [-0.39, 0.29) is 0 Å². The molecule has 0 bridgehead atoms. The number of nitrogens with one attached hydrogen (secondary N) is 1. The van der Waals surface area contributed by atoms with Crippen molar-refractivity contribution < 1.29 is 4.84 Å². The SMILES string of the molecule is [O-][N+]#CN1NOC=C1c1ccccc1. The molecule has 1 aliphatic rings. The van der Waals surface area contributed by atoms with E-state index in [2.05, 4.69) is 16.8 Å². The van der Waals surface area contributed by atoms with Crippen LogP contribution in [0.1, 0.15) is 5.56 Å². The van der Waals surface area contributed by atoms with Crippen LogP contribution in [0, 0.1) is 11.4 Å². The minimum Gasteiger partial charge on any atom is -0.610 e. The summed E-state index contributed by atoms with van der Waals surface area (Å²) < 4.78 is 0. The normalized spacial score (nSPS) is 14.0. The molecule has 0 amide bonds. The first-order valence-corrected chi connectivity index (χ1v) is 3.97. The van der Waals surface area contributed by atoms with Gasteiger partial charge in [-0.1, -0.05) is 35.3 Å². The third-order valence-electron chi connectivity index (χ3n) is 1.77. The van der Waals surface area contributed by atoms with Crippen LogP contribution in [-0.2, 0) is 4.84 Å². The van der Waals surface area contributed by atoms with Gasteiger partial charge in [-0.2, -0.15) is 5.01 Å². The molecule has 1 aliphatic heterocycles. The first-order valence-electron chi connectivity index (χ1n) is 3.97. The molecule has 1 N–H and O–H groups in total. The molecule has 1 aromatic carbocycles. The lowest BCUT2D eigenvalue weighted by molar-refractivity contribution is 0.0727. The zero-order chi connectivity index (χ0) is 9.80. The first-order chi connectivity index (χ1) is 6.92. The van der Waals surface area contributed by atoms with Crippen molar-refractivity contribution in [1.29, 1.82) is 0 Å². The number of rotatable bonds is 1. The van der Waals surface area contributed by atoms with Crippen LogP contribution in [0.5, 0.6) is 0 Å². The lowest BCUT2D eigenvalue weighted by Crippen LogP contribution is -2.24. The van der Waals surface area contributed by atoms with Crippen molar-refractivity contribution in [2.45, 2.75) is 0 Å². The Morgan fingerprint density at radius 3 is 2.86 bits per heavy atom. The van der Waals surface area contributed by atoms with Crippen LogP contribution in [0.15, 0.2) is 36.6 Å². The standard InChI is InChI=1S/C9H7N3O2/c13-10-7-12-9(6-14-11-12)8-4-2-1-3-5-8/h1-6,11H. The summed E-state index contributed by atoms with van der Waals surface area (Å²) in [6.45, 7) is 0. The van der Waals surface area contributed by atoms with Gasteiger partial charge in [0.25, 0.3) is 0 Å². The van der Waals surface area contributed by atoms with Crippen molar-refractivity contribution in [1.82, 2.24) is 10.6 Å². The van der Waals surface area contributed by atoms with Gasteiger partial charge in [0.05, 0.1) is 0 Å². The molecule has 5 nitrogen and oxygen atoms in total. The van der Waals surface area contributed by atoms with Gasteiger partial charge in [0, 0.05) is 11.2 Å². The molecule has 0 unspecified atom stereocenters. The van der Waals surface area contributed by atoms with E-state index in [1.807, 2.05) is 30.3 Å². The number of benzene rings is 1. The summed E-state index contributed by atoms with van der Waals surface area (Å²) in [5, 5.41) is 13.8. The van der Waals surface area contributed by atoms with Crippen LogP contribution in [0.25, 0.3) is 10.7 Å². The van der Waals surface area contributed by atoms with E-state index in [1.54, 1.807) is 0 Å². The van der Waals surface area contributed by atoms with E-state index in [4.69, 9.17) is 4.84 Å². The van der Waals surface area contributed by atoms with E-state index in [1.165, 1.54) is 11.3 Å². The minimum absolute atomic E-state index is 0.685. The highest BCUT2D eigenvalue weighted by Gasteiger charge is 2.25. The molecule has 0 aromatic heterocycles. The van der Waals surface area contributed by atoms with Crippen molar-refractivity contribution in [3.05, 3.63) is 52.4 Å². The van der Waals surface area contributed by atoms with Crippen LogP contribution in [0.2, 0.25) is 0 Å². The number of hydrazine groups is 1. The maximum atomic E-state index is 10.0. The third kappa shape index (κ3) is 1.46. The average molecular weight is 189 g/mol. The van der Waals surface area contributed by atoms with Gasteiger partial charge < -0.3 is 10.0 Å². The van der Waals surface area contributed by atoms with Gasteiger partial charge in [-0.05, 0) is 0 Å². The Labute approximate surface area is 80.5 Å². The second kappa shape index (κ2) is 3.68. The molecule has 0 saturated heterocycles. The van der Waals surface area contributed by atoms with Gasteiger partial charge in [0.2, 0.25) is 5.70 Å². The maximum absolute atomic E-state index is 10.0. The van der Waals surface area contributed by atoms with Gasteiger partial charge in [-0.3, -0.25) is 0 Å². The summed E-state index contributed by atoms with van der Waals surface area (Å²) in [6.07, 6.45) is 3.67. The van der Waals surface area contributed by atoms with Gasteiger partial charge >= 0.3 is 6.19 Å². The number of hydrogen-bond acceptors (Lipinski definition) is 4. The Balaban J connectivity index is 2.29. The van der Waals surface area contributed by atoms with Crippen LogP contribution < -0.4 is 5.59 Å². The van der Waals surface area contributed by atoms with E-state index in [0.29, 0.717) is 5.70 Å². The number of nitrogens with zero attached hydrogens (tertiary/aromatic N) is 2.